The molecule has 0 amide bonds. The second kappa shape index (κ2) is 15.8. The number of aliphatic imine (C=N–C) groups is 3. The molecule has 0 spiro atoms. The van der Waals surface area contributed by atoms with Crippen LogP contribution in [0.5, 0.6) is 17.2 Å². The molecule has 46 heavy (non-hydrogen) atoms. The zero-order valence-corrected chi connectivity index (χ0v) is 24.7. The number of phenols is 3. The van der Waals surface area contributed by atoms with Gasteiger partial charge in [-0.2, -0.15) is 0 Å². The summed E-state index contributed by atoms with van der Waals surface area (Å²) in [6, 6.07) is 11.2. The van der Waals surface area contributed by atoms with E-state index in [0.717, 1.165) is 0 Å². The number of hydrogen-bond donors (Lipinski definition) is 3. The Morgan fingerprint density at radius 3 is 0.978 bits per heavy atom. The van der Waals surface area contributed by atoms with Gasteiger partial charge in [0.2, 0.25) is 17.7 Å². The van der Waals surface area contributed by atoms with Gasteiger partial charge in [0.1, 0.15) is 37.1 Å². The van der Waals surface area contributed by atoms with E-state index < -0.39 is 14.8 Å². The van der Waals surface area contributed by atoms with Gasteiger partial charge >= 0.3 is 0 Å². The molecule has 241 valence electrons. The predicted molar refractivity (Wildman–Crippen MR) is 156 cm³/mol. The SMILES string of the molecule is O=[N+]([O-])c1ccc(O)c(C2=NCCO2)c1.O=[N+]([O-])c1ccc(O)c(C2=NCCO2)c1.O=[N+]([O-])c1ccc(O)c(C2=NCCO2)c1.[Mn]. The Kier molecular flexibility index (Phi) is 11.9. The van der Waals surface area contributed by atoms with Crippen LogP contribution in [0.4, 0.5) is 17.1 Å². The van der Waals surface area contributed by atoms with Gasteiger partial charge in [0.25, 0.3) is 17.1 Å². The Hall–Kier alpha value is -5.81. The van der Waals surface area contributed by atoms with Crippen LogP contribution in [-0.2, 0) is 31.3 Å². The van der Waals surface area contributed by atoms with Crippen LogP contribution in [-0.4, -0.2) is 87.2 Å². The molecular weight excluding hydrogens is 655 g/mol. The summed E-state index contributed by atoms with van der Waals surface area (Å²) in [6.07, 6.45) is 0. The molecular formula is C27H24MnN6O12. The summed E-state index contributed by atoms with van der Waals surface area (Å²) < 4.78 is 15.4. The quantitative estimate of drug-likeness (QED) is 0.193. The minimum Gasteiger partial charge on any atom is -0.507 e. The maximum atomic E-state index is 10.5. The number of nitro benzene ring substituents is 3. The van der Waals surface area contributed by atoms with Crippen LogP contribution in [0.25, 0.3) is 0 Å². The number of hydrogen-bond acceptors (Lipinski definition) is 15. The van der Waals surface area contributed by atoms with E-state index >= 15 is 0 Å². The summed E-state index contributed by atoms with van der Waals surface area (Å²) in [7, 11) is 0. The van der Waals surface area contributed by atoms with Crippen molar-refractivity contribution in [3.63, 3.8) is 0 Å². The van der Waals surface area contributed by atoms with E-state index in [-0.39, 0.29) is 85.8 Å². The van der Waals surface area contributed by atoms with Crippen molar-refractivity contribution in [3.8, 4) is 17.2 Å². The van der Waals surface area contributed by atoms with Crippen LogP contribution >= 0.6 is 0 Å². The molecule has 3 aromatic carbocycles. The van der Waals surface area contributed by atoms with Crippen LogP contribution in [0.1, 0.15) is 16.7 Å². The van der Waals surface area contributed by atoms with Crippen molar-refractivity contribution in [3.05, 3.63) is 102 Å². The second-order valence-corrected chi connectivity index (χ2v) is 8.98. The smallest absolute Gasteiger partial charge is 0.270 e. The second-order valence-electron chi connectivity index (χ2n) is 8.98. The molecule has 6 rings (SSSR count). The molecule has 0 aliphatic carbocycles. The molecule has 0 atom stereocenters. The van der Waals surface area contributed by atoms with Gasteiger partial charge in [0, 0.05) is 53.5 Å². The van der Waals surface area contributed by atoms with E-state index in [0.29, 0.717) is 39.5 Å². The maximum absolute atomic E-state index is 10.5. The molecule has 0 saturated carbocycles. The molecule has 1 radical (unpaired) electrons. The Balaban J connectivity index is 0.000000186. The maximum Gasteiger partial charge on any atom is 0.270 e. The first-order valence-electron chi connectivity index (χ1n) is 13.0. The Morgan fingerprint density at radius 2 is 0.783 bits per heavy atom. The van der Waals surface area contributed by atoms with E-state index in [4.69, 9.17) is 14.2 Å². The monoisotopic (exact) mass is 679 g/mol. The Bertz CT molecular complexity index is 1530. The molecule has 0 unspecified atom stereocenters. The molecule has 19 heteroatoms. The Morgan fingerprint density at radius 1 is 0.522 bits per heavy atom. The normalized spacial score (nSPS) is 14.2. The number of aromatic hydroxyl groups is 3. The van der Waals surface area contributed by atoms with E-state index in [9.17, 15) is 45.7 Å². The molecule has 18 nitrogen and oxygen atoms in total. The first-order valence-corrected chi connectivity index (χ1v) is 13.0. The van der Waals surface area contributed by atoms with Gasteiger partial charge in [-0.25, -0.2) is 15.0 Å². The van der Waals surface area contributed by atoms with Gasteiger partial charge < -0.3 is 29.5 Å². The topological polar surface area (TPSA) is 255 Å². The van der Waals surface area contributed by atoms with Crippen molar-refractivity contribution >= 4 is 34.8 Å². The van der Waals surface area contributed by atoms with Crippen molar-refractivity contribution < 1.29 is 61.4 Å². The van der Waals surface area contributed by atoms with Gasteiger partial charge in [0.05, 0.1) is 51.1 Å². The number of nitrogens with zero attached hydrogens (tertiary/aromatic N) is 6. The zero-order valence-electron chi connectivity index (χ0n) is 23.5. The number of rotatable bonds is 6. The van der Waals surface area contributed by atoms with Crippen molar-refractivity contribution in [2.45, 2.75) is 0 Å². The fourth-order valence-electron chi connectivity index (χ4n) is 3.92. The molecule has 3 aromatic rings. The van der Waals surface area contributed by atoms with Gasteiger partial charge in [-0.1, -0.05) is 0 Å². The summed E-state index contributed by atoms with van der Waals surface area (Å²) in [5.74, 6) is 0.576. The number of nitro groups is 3. The largest absolute Gasteiger partial charge is 0.507 e. The standard InChI is InChI=1S/3C9H8N2O4.Mn/c3*12-8-2-1-6(11(13)14)5-7(8)9-10-3-4-15-9;/h3*1-2,5,12H,3-4H2;. The van der Waals surface area contributed by atoms with Gasteiger partial charge in [-0.15, -0.1) is 0 Å². The van der Waals surface area contributed by atoms with Crippen molar-refractivity contribution in [2.75, 3.05) is 39.5 Å². The van der Waals surface area contributed by atoms with E-state index in [1.165, 1.54) is 54.6 Å². The molecule has 3 N–H and O–H groups in total. The van der Waals surface area contributed by atoms with Gasteiger partial charge in [-0.05, 0) is 18.2 Å². The van der Waals surface area contributed by atoms with Gasteiger partial charge in [-0.3, -0.25) is 30.3 Å². The average Bonchev–Trinajstić information content (AvgIpc) is 3.83. The van der Waals surface area contributed by atoms with Crippen molar-refractivity contribution in [1.82, 2.24) is 0 Å². The third kappa shape index (κ3) is 8.64. The number of ether oxygens (including phenoxy) is 3. The van der Waals surface area contributed by atoms with Crippen LogP contribution in [0.15, 0.2) is 69.6 Å². The van der Waals surface area contributed by atoms with Crippen molar-refractivity contribution in [2.24, 2.45) is 15.0 Å². The minimum absolute atomic E-state index is 0. The number of phenolic OH excluding ortho intramolecular Hbond substituents is 3. The first kappa shape index (κ1) is 34.7. The van der Waals surface area contributed by atoms with Crippen LogP contribution in [0.2, 0.25) is 0 Å². The summed E-state index contributed by atoms with van der Waals surface area (Å²) in [6.45, 7) is 2.86. The fraction of sp³-hybridized carbons (Fsp3) is 0.222. The fourth-order valence-corrected chi connectivity index (χ4v) is 3.92. The van der Waals surface area contributed by atoms with Crippen LogP contribution in [0.3, 0.4) is 0 Å². The summed E-state index contributed by atoms with van der Waals surface area (Å²) in [4.78, 5) is 41.9. The Labute approximate surface area is 269 Å². The van der Waals surface area contributed by atoms with Crippen LogP contribution in [0, 0.1) is 30.3 Å². The third-order valence-electron chi connectivity index (χ3n) is 6.02. The summed E-state index contributed by atoms with van der Waals surface area (Å²) in [5, 5.41) is 60.0. The molecule has 3 aliphatic rings. The average molecular weight is 679 g/mol. The number of benzene rings is 3. The van der Waals surface area contributed by atoms with E-state index in [2.05, 4.69) is 15.0 Å². The number of non-ortho nitro benzene ring substituents is 3. The molecule has 0 saturated heterocycles. The molecule has 0 aromatic heterocycles. The molecule has 3 aliphatic heterocycles. The van der Waals surface area contributed by atoms with Crippen molar-refractivity contribution in [1.29, 1.82) is 0 Å². The molecule has 0 fully saturated rings. The third-order valence-corrected chi connectivity index (χ3v) is 6.02. The van der Waals surface area contributed by atoms with Gasteiger partial charge in [0.15, 0.2) is 0 Å². The van der Waals surface area contributed by atoms with E-state index in [1.54, 1.807) is 0 Å². The summed E-state index contributed by atoms with van der Waals surface area (Å²) in [5.41, 5.74) is 0.508. The molecule has 3 heterocycles. The van der Waals surface area contributed by atoms with Crippen LogP contribution < -0.4 is 0 Å². The predicted octanol–water partition coefficient (Wildman–Crippen LogP) is 3.23. The summed E-state index contributed by atoms with van der Waals surface area (Å²) >= 11 is 0. The molecule has 0 bridgehead atoms. The zero-order chi connectivity index (χ0) is 32.5. The van der Waals surface area contributed by atoms with E-state index in [1.807, 2.05) is 0 Å². The minimum atomic E-state index is -0.529. The first-order chi connectivity index (χ1) is 21.5.